The van der Waals surface area contributed by atoms with Gasteiger partial charge in [-0.3, -0.25) is 4.79 Å². The fourth-order valence-electron chi connectivity index (χ4n) is 2.28. The Kier molecular flexibility index (Phi) is 5.03. The van der Waals surface area contributed by atoms with Crippen LogP contribution in [0.2, 0.25) is 0 Å². The molecule has 8 heteroatoms. The summed E-state index contributed by atoms with van der Waals surface area (Å²) in [6, 6.07) is 3.13. The summed E-state index contributed by atoms with van der Waals surface area (Å²) in [5.74, 6) is -0.146. The molecule has 0 saturated heterocycles. The lowest BCUT2D eigenvalue weighted by Gasteiger charge is -2.21. The second-order valence-electron chi connectivity index (χ2n) is 4.79. The number of aliphatic hydroxyl groups excluding tert-OH is 1. The Hall–Kier alpha value is -0.960. The number of carbonyl (C=O) groups excluding carboxylic acids is 1. The third-order valence-corrected chi connectivity index (χ3v) is 6.08. The van der Waals surface area contributed by atoms with Gasteiger partial charge in [0.2, 0.25) is 15.9 Å². The van der Waals surface area contributed by atoms with Gasteiger partial charge in [-0.15, -0.1) is 0 Å². The van der Waals surface area contributed by atoms with Crippen LogP contribution in [0.25, 0.3) is 0 Å². The molecule has 0 aliphatic carbocycles. The predicted molar refractivity (Wildman–Crippen MR) is 82.6 cm³/mol. The second-order valence-corrected chi connectivity index (χ2v) is 7.55. The van der Waals surface area contributed by atoms with Crippen LogP contribution in [-0.2, 0) is 21.2 Å². The summed E-state index contributed by atoms with van der Waals surface area (Å²) < 4.78 is 27.0. The van der Waals surface area contributed by atoms with Crippen LogP contribution >= 0.6 is 15.9 Å². The molecule has 0 fully saturated rings. The molecular formula is C13H17BrN2O4S. The minimum absolute atomic E-state index is 0.0525. The number of nitrogens with one attached hydrogen (secondary N) is 1. The third kappa shape index (κ3) is 3.28. The van der Waals surface area contributed by atoms with Crippen LogP contribution in [0.1, 0.15) is 18.9 Å². The number of fused-ring (bicyclic) bond motifs is 1. The largest absolute Gasteiger partial charge is 0.395 e. The average Bonchev–Trinajstić information content (AvgIpc) is 2.76. The monoisotopic (exact) mass is 376 g/mol. The number of halogens is 1. The maximum absolute atomic E-state index is 12.7. The van der Waals surface area contributed by atoms with Gasteiger partial charge in [0.05, 0.1) is 17.9 Å². The quantitative estimate of drug-likeness (QED) is 0.783. The molecule has 0 saturated carbocycles. The molecule has 0 unspecified atom stereocenters. The number of hydrogen-bond acceptors (Lipinski definition) is 4. The molecule has 0 bridgehead atoms. The van der Waals surface area contributed by atoms with Crippen LogP contribution < -0.4 is 5.32 Å². The van der Waals surface area contributed by atoms with Gasteiger partial charge in [0, 0.05) is 23.2 Å². The van der Waals surface area contributed by atoms with E-state index in [1.165, 1.54) is 10.4 Å². The van der Waals surface area contributed by atoms with Crippen LogP contribution in [0.4, 0.5) is 5.69 Å². The van der Waals surface area contributed by atoms with E-state index in [0.29, 0.717) is 28.7 Å². The van der Waals surface area contributed by atoms with Crippen molar-refractivity contribution < 1.29 is 18.3 Å². The van der Waals surface area contributed by atoms with Crippen LogP contribution in [0.15, 0.2) is 21.5 Å². The molecular weight excluding hydrogens is 360 g/mol. The Morgan fingerprint density at radius 1 is 1.38 bits per heavy atom. The van der Waals surface area contributed by atoms with Gasteiger partial charge in [-0.25, -0.2) is 8.42 Å². The SMILES string of the molecule is CCCN(CCO)S(=O)(=O)c1cc2c(cc1Br)NC(=O)C2. The number of nitrogens with zero attached hydrogens (tertiary/aromatic N) is 1. The molecule has 0 atom stereocenters. The fraction of sp³-hybridized carbons (Fsp3) is 0.462. The first-order valence-corrected chi connectivity index (χ1v) is 8.86. The Morgan fingerprint density at radius 3 is 2.71 bits per heavy atom. The van der Waals surface area contributed by atoms with Gasteiger partial charge in [0.25, 0.3) is 0 Å². The molecule has 0 aromatic heterocycles. The first kappa shape index (κ1) is 16.4. The highest BCUT2D eigenvalue weighted by molar-refractivity contribution is 9.10. The third-order valence-electron chi connectivity index (χ3n) is 3.22. The molecule has 1 aliphatic rings. The smallest absolute Gasteiger partial charge is 0.244 e. The van der Waals surface area contributed by atoms with Crippen LogP contribution in [0.3, 0.4) is 0 Å². The summed E-state index contributed by atoms with van der Waals surface area (Å²) in [7, 11) is -3.71. The fourth-order valence-corrected chi connectivity index (χ4v) is 4.85. The van der Waals surface area contributed by atoms with E-state index in [0.717, 1.165) is 0 Å². The maximum atomic E-state index is 12.7. The summed E-state index contributed by atoms with van der Waals surface area (Å²) in [4.78, 5) is 11.5. The highest BCUT2D eigenvalue weighted by atomic mass is 79.9. The van der Waals surface area contributed by atoms with Gasteiger partial charge >= 0.3 is 0 Å². The van der Waals surface area contributed by atoms with E-state index in [1.807, 2.05) is 6.92 Å². The van der Waals surface area contributed by atoms with Gasteiger partial charge in [0.15, 0.2) is 0 Å². The number of hydrogen-bond donors (Lipinski definition) is 2. The van der Waals surface area contributed by atoms with Gasteiger partial charge in [-0.2, -0.15) is 4.31 Å². The highest BCUT2D eigenvalue weighted by Gasteiger charge is 2.29. The number of sulfonamides is 1. The van der Waals surface area contributed by atoms with Gasteiger partial charge in [-0.1, -0.05) is 6.92 Å². The molecule has 1 heterocycles. The van der Waals surface area contributed by atoms with E-state index in [9.17, 15) is 13.2 Å². The minimum atomic E-state index is -3.71. The number of carbonyl (C=O) groups is 1. The van der Waals surface area contributed by atoms with Crippen molar-refractivity contribution >= 4 is 37.5 Å². The van der Waals surface area contributed by atoms with Crippen LogP contribution in [0.5, 0.6) is 0 Å². The van der Waals surface area contributed by atoms with Crippen molar-refractivity contribution in [1.29, 1.82) is 0 Å². The zero-order valence-electron chi connectivity index (χ0n) is 11.6. The van der Waals surface area contributed by atoms with E-state index in [4.69, 9.17) is 5.11 Å². The molecule has 2 rings (SSSR count). The summed E-state index contributed by atoms with van der Waals surface area (Å²) >= 11 is 3.26. The molecule has 0 spiro atoms. The summed E-state index contributed by atoms with van der Waals surface area (Å²) in [5, 5.41) is 11.7. The number of aliphatic hydroxyl groups is 1. The Morgan fingerprint density at radius 2 is 2.10 bits per heavy atom. The van der Waals surface area contributed by atoms with E-state index in [-0.39, 0.29) is 30.4 Å². The zero-order chi connectivity index (χ0) is 15.6. The zero-order valence-corrected chi connectivity index (χ0v) is 14.0. The first-order chi connectivity index (χ1) is 9.90. The van der Waals surface area contributed by atoms with Crippen molar-refractivity contribution in [1.82, 2.24) is 4.31 Å². The average molecular weight is 377 g/mol. The number of benzene rings is 1. The van der Waals surface area contributed by atoms with E-state index < -0.39 is 10.0 Å². The standard InChI is InChI=1S/C13H17BrN2O4S/c1-2-3-16(4-5-17)21(19,20)12-6-9-7-13(18)15-11(9)8-10(12)14/h6,8,17H,2-5,7H2,1H3,(H,15,18). The molecule has 6 nitrogen and oxygen atoms in total. The lowest BCUT2D eigenvalue weighted by Crippen LogP contribution is -2.34. The summed E-state index contributed by atoms with van der Waals surface area (Å²) in [6.45, 7) is 2.03. The molecule has 116 valence electrons. The van der Waals surface area contributed by atoms with Crippen molar-refractivity contribution in [3.8, 4) is 0 Å². The Balaban J connectivity index is 2.45. The van der Waals surface area contributed by atoms with Crippen LogP contribution in [0, 0.1) is 0 Å². The molecule has 1 aromatic rings. The minimum Gasteiger partial charge on any atom is -0.395 e. The lowest BCUT2D eigenvalue weighted by atomic mass is 10.2. The molecule has 1 aromatic carbocycles. The van der Waals surface area contributed by atoms with Gasteiger partial charge < -0.3 is 10.4 Å². The predicted octanol–water partition coefficient (Wildman–Crippen LogP) is 1.34. The van der Waals surface area contributed by atoms with Gasteiger partial charge in [-0.05, 0) is 40.0 Å². The Labute approximate surface area is 132 Å². The summed E-state index contributed by atoms with van der Waals surface area (Å²) in [5.41, 5.74) is 1.30. The van der Waals surface area contributed by atoms with E-state index in [1.54, 1.807) is 6.07 Å². The summed E-state index contributed by atoms with van der Waals surface area (Å²) in [6.07, 6.45) is 0.834. The maximum Gasteiger partial charge on any atom is 0.244 e. The number of anilines is 1. The van der Waals surface area contributed by atoms with Crippen molar-refractivity contribution in [2.24, 2.45) is 0 Å². The topological polar surface area (TPSA) is 86.7 Å². The van der Waals surface area contributed by atoms with E-state index in [2.05, 4.69) is 21.2 Å². The molecule has 2 N–H and O–H groups in total. The van der Waals surface area contributed by atoms with Crippen molar-refractivity contribution in [3.05, 3.63) is 22.2 Å². The second kappa shape index (κ2) is 6.43. The van der Waals surface area contributed by atoms with Crippen molar-refractivity contribution in [2.75, 3.05) is 25.0 Å². The Bertz CT molecular complexity index is 654. The normalized spacial score (nSPS) is 14.4. The first-order valence-electron chi connectivity index (χ1n) is 6.63. The molecule has 21 heavy (non-hydrogen) atoms. The van der Waals surface area contributed by atoms with Crippen molar-refractivity contribution in [2.45, 2.75) is 24.7 Å². The lowest BCUT2D eigenvalue weighted by molar-refractivity contribution is -0.115. The molecule has 1 aliphatic heterocycles. The van der Waals surface area contributed by atoms with Crippen molar-refractivity contribution in [3.63, 3.8) is 0 Å². The molecule has 0 radical (unpaired) electrons. The van der Waals surface area contributed by atoms with Crippen LogP contribution in [-0.4, -0.2) is 43.4 Å². The number of amides is 1. The number of rotatable bonds is 6. The van der Waals surface area contributed by atoms with E-state index >= 15 is 0 Å². The van der Waals surface area contributed by atoms with Gasteiger partial charge in [0.1, 0.15) is 0 Å². The highest BCUT2D eigenvalue weighted by Crippen LogP contribution is 2.33. The molecule has 1 amide bonds.